The third-order valence-corrected chi connectivity index (χ3v) is 3.60. The average molecular weight is 218 g/mol. The first-order valence-electron chi connectivity index (χ1n) is 6.26. The second-order valence-corrected chi connectivity index (χ2v) is 4.73. The monoisotopic (exact) mass is 218 g/mol. The summed E-state index contributed by atoms with van der Waals surface area (Å²) in [6.45, 7) is 5.79. The van der Waals surface area contributed by atoms with Gasteiger partial charge in [0.1, 0.15) is 0 Å². The van der Waals surface area contributed by atoms with Crippen molar-refractivity contribution >= 4 is 0 Å². The molecule has 16 heavy (non-hydrogen) atoms. The molecule has 1 aliphatic rings. The maximum atomic E-state index is 3.23. The van der Waals surface area contributed by atoms with E-state index in [2.05, 4.69) is 41.4 Å². The lowest BCUT2D eigenvalue weighted by atomic mass is 9.98. The molecule has 0 aliphatic carbocycles. The second kappa shape index (κ2) is 5.46. The Morgan fingerprint density at radius 3 is 2.81 bits per heavy atom. The topological polar surface area (TPSA) is 15.3 Å². The second-order valence-electron chi connectivity index (χ2n) is 4.73. The van der Waals surface area contributed by atoms with E-state index in [4.69, 9.17) is 0 Å². The van der Waals surface area contributed by atoms with Crippen molar-refractivity contribution in [2.75, 3.05) is 20.1 Å². The van der Waals surface area contributed by atoms with Crippen molar-refractivity contribution in [3.63, 3.8) is 0 Å². The summed E-state index contributed by atoms with van der Waals surface area (Å²) in [7, 11) is 2.03. The molecule has 0 fully saturated rings. The minimum absolute atomic E-state index is 0.681. The molecule has 2 nitrogen and oxygen atoms in total. The molecule has 0 saturated carbocycles. The van der Waals surface area contributed by atoms with Crippen LogP contribution in [0.15, 0.2) is 24.3 Å². The summed E-state index contributed by atoms with van der Waals surface area (Å²) in [6.07, 6.45) is 2.44. The molecule has 1 heterocycles. The highest BCUT2D eigenvalue weighted by Gasteiger charge is 2.19. The van der Waals surface area contributed by atoms with Crippen LogP contribution in [0.5, 0.6) is 0 Å². The Labute approximate surface area is 98.7 Å². The Morgan fingerprint density at radius 2 is 2.06 bits per heavy atom. The fourth-order valence-electron chi connectivity index (χ4n) is 2.43. The molecule has 1 aliphatic heterocycles. The van der Waals surface area contributed by atoms with Gasteiger partial charge in [-0.05, 0) is 44.5 Å². The van der Waals surface area contributed by atoms with Crippen LogP contribution in [0.25, 0.3) is 0 Å². The van der Waals surface area contributed by atoms with E-state index in [1.54, 1.807) is 5.56 Å². The van der Waals surface area contributed by atoms with Gasteiger partial charge in [0.25, 0.3) is 0 Å². The number of rotatable bonds is 4. The van der Waals surface area contributed by atoms with Gasteiger partial charge in [-0.25, -0.2) is 0 Å². The number of benzene rings is 1. The van der Waals surface area contributed by atoms with Crippen LogP contribution >= 0.6 is 0 Å². The van der Waals surface area contributed by atoms with Crippen LogP contribution in [-0.4, -0.2) is 31.1 Å². The molecule has 0 spiro atoms. The highest BCUT2D eigenvalue weighted by molar-refractivity contribution is 5.29. The molecule has 0 aromatic heterocycles. The molecule has 0 saturated heterocycles. The van der Waals surface area contributed by atoms with Crippen molar-refractivity contribution in [1.29, 1.82) is 0 Å². The van der Waals surface area contributed by atoms with Crippen molar-refractivity contribution in [2.45, 2.75) is 32.4 Å². The van der Waals surface area contributed by atoms with Gasteiger partial charge in [-0.2, -0.15) is 0 Å². The SMILES string of the molecule is CNCCC(C)N1CCc2ccccc2C1. The summed E-state index contributed by atoms with van der Waals surface area (Å²) >= 11 is 0. The van der Waals surface area contributed by atoms with Crippen molar-refractivity contribution in [2.24, 2.45) is 0 Å². The minimum atomic E-state index is 0.681. The predicted molar refractivity (Wildman–Crippen MR) is 68.6 cm³/mol. The van der Waals surface area contributed by atoms with E-state index in [9.17, 15) is 0 Å². The van der Waals surface area contributed by atoms with Crippen LogP contribution in [0, 0.1) is 0 Å². The Hall–Kier alpha value is -0.860. The first kappa shape index (κ1) is 11.6. The smallest absolute Gasteiger partial charge is 0.0239 e. The molecule has 88 valence electrons. The molecule has 0 radical (unpaired) electrons. The van der Waals surface area contributed by atoms with Crippen molar-refractivity contribution in [3.8, 4) is 0 Å². The Morgan fingerprint density at radius 1 is 1.31 bits per heavy atom. The van der Waals surface area contributed by atoms with Gasteiger partial charge in [0, 0.05) is 19.1 Å². The Kier molecular flexibility index (Phi) is 3.97. The molecule has 1 atom stereocenters. The number of fused-ring (bicyclic) bond motifs is 1. The summed E-state index contributed by atoms with van der Waals surface area (Å²) < 4.78 is 0. The maximum Gasteiger partial charge on any atom is 0.0239 e. The zero-order valence-corrected chi connectivity index (χ0v) is 10.4. The minimum Gasteiger partial charge on any atom is -0.320 e. The van der Waals surface area contributed by atoms with Crippen LogP contribution in [0.4, 0.5) is 0 Å². The summed E-state index contributed by atoms with van der Waals surface area (Å²) in [5, 5.41) is 3.23. The van der Waals surface area contributed by atoms with Crippen LogP contribution in [-0.2, 0) is 13.0 Å². The maximum absolute atomic E-state index is 3.23. The van der Waals surface area contributed by atoms with E-state index in [-0.39, 0.29) is 0 Å². The Balaban J connectivity index is 1.97. The van der Waals surface area contributed by atoms with E-state index in [0.717, 1.165) is 13.1 Å². The van der Waals surface area contributed by atoms with E-state index in [0.29, 0.717) is 6.04 Å². The molecular weight excluding hydrogens is 196 g/mol. The zero-order chi connectivity index (χ0) is 11.4. The lowest BCUT2D eigenvalue weighted by Gasteiger charge is -2.33. The lowest BCUT2D eigenvalue weighted by molar-refractivity contribution is 0.182. The van der Waals surface area contributed by atoms with Crippen LogP contribution in [0.1, 0.15) is 24.5 Å². The predicted octanol–water partition coefficient (Wildman–Crippen LogP) is 2.04. The molecular formula is C14H22N2. The highest BCUT2D eigenvalue weighted by Crippen LogP contribution is 2.20. The van der Waals surface area contributed by atoms with Gasteiger partial charge >= 0.3 is 0 Å². The van der Waals surface area contributed by atoms with Crippen LogP contribution in [0.3, 0.4) is 0 Å². The summed E-state index contributed by atoms with van der Waals surface area (Å²) in [5.74, 6) is 0. The summed E-state index contributed by atoms with van der Waals surface area (Å²) in [4.78, 5) is 2.60. The van der Waals surface area contributed by atoms with Crippen LogP contribution < -0.4 is 5.32 Å². The fraction of sp³-hybridized carbons (Fsp3) is 0.571. The van der Waals surface area contributed by atoms with E-state index in [1.165, 1.54) is 24.9 Å². The number of hydrogen-bond donors (Lipinski definition) is 1. The average Bonchev–Trinajstić information content (AvgIpc) is 2.35. The van der Waals surface area contributed by atoms with E-state index >= 15 is 0 Å². The van der Waals surface area contributed by atoms with Crippen molar-refractivity contribution in [3.05, 3.63) is 35.4 Å². The highest BCUT2D eigenvalue weighted by atomic mass is 15.2. The van der Waals surface area contributed by atoms with E-state index in [1.807, 2.05) is 7.05 Å². The molecule has 1 unspecified atom stereocenters. The van der Waals surface area contributed by atoms with Gasteiger partial charge in [0.15, 0.2) is 0 Å². The van der Waals surface area contributed by atoms with Crippen LogP contribution in [0.2, 0.25) is 0 Å². The van der Waals surface area contributed by atoms with Gasteiger partial charge in [0.2, 0.25) is 0 Å². The molecule has 2 rings (SSSR count). The summed E-state index contributed by atoms with van der Waals surface area (Å²) in [5.41, 5.74) is 3.06. The van der Waals surface area contributed by atoms with Gasteiger partial charge < -0.3 is 5.32 Å². The lowest BCUT2D eigenvalue weighted by Crippen LogP contribution is -2.38. The van der Waals surface area contributed by atoms with Gasteiger partial charge in [-0.3, -0.25) is 4.90 Å². The fourth-order valence-corrected chi connectivity index (χ4v) is 2.43. The van der Waals surface area contributed by atoms with Crippen molar-refractivity contribution in [1.82, 2.24) is 10.2 Å². The third-order valence-electron chi connectivity index (χ3n) is 3.60. The van der Waals surface area contributed by atoms with Gasteiger partial charge in [-0.15, -0.1) is 0 Å². The normalized spacial score (nSPS) is 18.1. The summed E-state index contributed by atoms with van der Waals surface area (Å²) in [6, 6.07) is 9.53. The molecule has 0 bridgehead atoms. The van der Waals surface area contributed by atoms with E-state index < -0.39 is 0 Å². The van der Waals surface area contributed by atoms with Crippen molar-refractivity contribution < 1.29 is 0 Å². The standard InChI is InChI=1S/C14H22N2/c1-12(7-9-15-2)16-10-8-13-5-3-4-6-14(13)11-16/h3-6,12,15H,7-11H2,1-2H3. The molecule has 2 heteroatoms. The zero-order valence-electron chi connectivity index (χ0n) is 10.4. The van der Waals surface area contributed by atoms with Gasteiger partial charge in [0.05, 0.1) is 0 Å². The molecule has 1 aromatic rings. The molecule has 0 amide bonds. The quantitative estimate of drug-likeness (QED) is 0.832. The number of nitrogens with one attached hydrogen (secondary N) is 1. The molecule has 1 aromatic carbocycles. The number of nitrogens with zero attached hydrogens (tertiary/aromatic N) is 1. The first-order chi connectivity index (χ1) is 7.81. The largest absolute Gasteiger partial charge is 0.320 e. The Bertz CT molecular complexity index is 335. The molecule has 1 N–H and O–H groups in total. The first-order valence-corrected chi connectivity index (χ1v) is 6.26. The number of hydrogen-bond acceptors (Lipinski definition) is 2. The van der Waals surface area contributed by atoms with Gasteiger partial charge in [-0.1, -0.05) is 24.3 Å². The third kappa shape index (κ3) is 2.63.